The van der Waals surface area contributed by atoms with Gasteiger partial charge in [-0.3, -0.25) is 9.63 Å². The molecule has 4 rings (SSSR count). The van der Waals surface area contributed by atoms with Gasteiger partial charge >= 0.3 is 0 Å². The molecule has 166 valence electrons. The molecule has 0 spiro atoms. The molecule has 3 aliphatic carbocycles. The smallest absolute Gasteiger partial charge is 0.246 e. The number of carbonyl (C=O) groups is 1. The predicted molar refractivity (Wildman–Crippen MR) is 112 cm³/mol. The van der Waals surface area contributed by atoms with E-state index >= 15 is 0 Å². The van der Waals surface area contributed by atoms with Crippen LogP contribution in [0.3, 0.4) is 0 Å². The predicted octanol–water partition coefficient (Wildman–Crippen LogP) is 4.59. The van der Waals surface area contributed by atoms with Gasteiger partial charge in [0.2, 0.25) is 5.91 Å². The van der Waals surface area contributed by atoms with Gasteiger partial charge in [-0.15, -0.1) is 0 Å². The topological polar surface area (TPSA) is 48.0 Å². The molecule has 1 heterocycles. The first-order valence-corrected chi connectivity index (χ1v) is 12.1. The normalized spacial score (nSPS) is 46.9. The third-order valence-corrected chi connectivity index (χ3v) is 9.01. The van der Waals surface area contributed by atoms with Gasteiger partial charge in [0.25, 0.3) is 0 Å². The molecule has 29 heavy (non-hydrogen) atoms. The summed E-state index contributed by atoms with van der Waals surface area (Å²) >= 11 is 0. The highest BCUT2D eigenvalue weighted by molar-refractivity contribution is 5.76. The number of nitrogens with zero attached hydrogens (tertiary/aromatic N) is 1. The van der Waals surface area contributed by atoms with Crippen molar-refractivity contribution in [2.45, 2.75) is 97.8 Å². The van der Waals surface area contributed by atoms with E-state index in [2.05, 4.69) is 27.7 Å². The lowest BCUT2D eigenvalue weighted by Gasteiger charge is -2.62. The van der Waals surface area contributed by atoms with Crippen molar-refractivity contribution in [3.63, 3.8) is 0 Å². The third kappa shape index (κ3) is 3.45. The molecule has 1 amide bonds. The zero-order valence-corrected chi connectivity index (χ0v) is 19.1. The first-order valence-electron chi connectivity index (χ1n) is 12.1. The molecule has 0 aromatic heterocycles. The number of hydroxylamine groups is 2. The van der Waals surface area contributed by atoms with E-state index in [1.54, 1.807) is 5.06 Å². The maximum atomic E-state index is 12.7. The fourth-order valence-electron chi connectivity index (χ4n) is 7.80. The summed E-state index contributed by atoms with van der Waals surface area (Å²) in [6.45, 7) is 13.2. The summed E-state index contributed by atoms with van der Waals surface area (Å²) < 4.78 is 12.5. The van der Waals surface area contributed by atoms with Crippen molar-refractivity contribution in [1.82, 2.24) is 5.06 Å². The van der Waals surface area contributed by atoms with Crippen LogP contribution in [0.5, 0.6) is 0 Å². The summed E-state index contributed by atoms with van der Waals surface area (Å²) in [6.07, 6.45) is 7.98. The van der Waals surface area contributed by atoms with E-state index < -0.39 is 0 Å². The van der Waals surface area contributed by atoms with Crippen molar-refractivity contribution in [2.75, 3.05) is 19.8 Å². The third-order valence-electron chi connectivity index (χ3n) is 9.01. The molecule has 4 aliphatic rings. The molecule has 1 aliphatic heterocycles. The van der Waals surface area contributed by atoms with Gasteiger partial charge in [-0.2, -0.15) is 0 Å². The number of hydrogen-bond donors (Lipinski definition) is 0. The Balaban J connectivity index is 1.67. The number of fused-ring (bicyclic) bond motifs is 5. The second-order valence-electron chi connectivity index (χ2n) is 10.4. The molecule has 3 unspecified atom stereocenters. The highest BCUT2D eigenvalue weighted by Gasteiger charge is 2.64. The molecular weight excluding hydrogens is 366 g/mol. The van der Waals surface area contributed by atoms with Crippen LogP contribution in [0.2, 0.25) is 0 Å². The minimum absolute atomic E-state index is 0.117. The van der Waals surface area contributed by atoms with Crippen LogP contribution >= 0.6 is 0 Å². The molecule has 0 aromatic carbocycles. The number of rotatable bonds is 6. The van der Waals surface area contributed by atoms with E-state index in [4.69, 9.17) is 14.3 Å². The van der Waals surface area contributed by atoms with Crippen molar-refractivity contribution in [3.8, 4) is 0 Å². The highest BCUT2D eigenvalue weighted by Crippen LogP contribution is 2.65. The minimum Gasteiger partial charge on any atom is -0.378 e. The molecule has 5 heteroatoms. The van der Waals surface area contributed by atoms with E-state index in [9.17, 15) is 4.79 Å². The Labute approximate surface area is 176 Å². The Hall–Kier alpha value is -0.650. The van der Waals surface area contributed by atoms with E-state index in [1.807, 2.05) is 6.92 Å². The number of ether oxygens (including phenoxy) is 2. The molecule has 3 saturated carbocycles. The minimum atomic E-state index is 0.117. The van der Waals surface area contributed by atoms with E-state index in [0.717, 1.165) is 26.1 Å². The zero-order valence-electron chi connectivity index (χ0n) is 19.1. The highest BCUT2D eigenvalue weighted by atomic mass is 16.7. The van der Waals surface area contributed by atoms with Crippen molar-refractivity contribution in [1.29, 1.82) is 0 Å². The number of piperidine rings is 1. The zero-order chi connectivity index (χ0) is 20.8. The quantitative estimate of drug-likeness (QED) is 0.646. The standard InChI is InChI=1S/C24H41NO4/c1-6-27-16-13-18-22-17(9-11-23(18,4)15-16)24(5)12-10-21(26)25(29-8-3)20(24)14-19(22)28-7-2/h16-20,22H,6-15H2,1-5H3/t16?,17-,18+,19?,20?,22-,23-,24-/m1/s1. The molecule has 8 atom stereocenters. The van der Waals surface area contributed by atoms with Crippen LogP contribution in [0, 0.1) is 28.6 Å². The van der Waals surface area contributed by atoms with Crippen molar-refractivity contribution < 1.29 is 19.1 Å². The van der Waals surface area contributed by atoms with Crippen molar-refractivity contribution >= 4 is 5.91 Å². The summed E-state index contributed by atoms with van der Waals surface area (Å²) in [5.74, 6) is 1.97. The van der Waals surface area contributed by atoms with Crippen LogP contribution < -0.4 is 0 Å². The monoisotopic (exact) mass is 407 g/mol. The Bertz CT molecular complexity index is 612. The molecule has 1 saturated heterocycles. The average molecular weight is 408 g/mol. The largest absolute Gasteiger partial charge is 0.378 e. The number of hydrogen-bond acceptors (Lipinski definition) is 4. The van der Waals surface area contributed by atoms with Gasteiger partial charge in [0.15, 0.2) is 0 Å². The molecule has 0 radical (unpaired) electrons. The van der Waals surface area contributed by atoms with Crippen LogP contribution in [0.1, 0.15) is 79.6 Å². The number of carbonyl (C=O) groups excluding carboxylic acids is 1. The fourth-order valence-corrected chi connectivity index (χ4v) is 7.80. The molecule has 0 aromatic rings. The maximum Gasteiger partial charge on any atom is 0.246 e. The van der Waals surface area contributed by atoms with Gasteiger partial charge in [-0.05, 0) is 87.9 Å². The summed E-state index contributed by atoms with van der Waals surface area (Å²) in [5, 5.41) is 1.75. The molecular formula is C24H41NO4. The van der Waals surface area contributed by atoms with Gasteiger partial charge in [0, 0.05) is 19.6 Å². The lowest BCUT2D eigenvalue weighted by Crippen LogP contribution is -2.65. The summed E-state index contributed by atoms with van der Waals surface area (Å²) in [7, 11) is 0. The van der Waals surface area contributed by atoms with Gasteiger partial charge in [-0.25, -0.2) is 5.06 Å². The summed E-state index contributed by atoms with van der Waals surface area (Å²) in [4.78, 5) is 18.6. The van der Waals surface area contributed by atoms with Gasteiger partial charge in [0.05, 0.1) is 24.9 Å². The van der Waals surface area contributed by atoms with Crippen LogP contribution in [0.25, 0.3) is 0 Å². The summed E-state index contributed by atoms with van der Waals surface area (Å²) in [5.41, 5.74) is 0.482. The molecule has 0 N–H and O–H groups in total. The van der Waals surface area contributed by atoms with Gasteiger partial charge < -0.3 is 9.47 Å². The Morgan fingerprint density at radius 3 is 2.45 bits per heavy atom. The summed E-state index contributed by atoms with van der Waals surface area (Å²) in [6, 6.07) is 0.134. The van der Waals surface area contributed by atoms with Crippen molar-refractivity contribution in [3.05, 3.63) is 0 Å². The van der Waals surface area contributed by atoms with Crippen LogP contribution in [-0.4, -0.2) is 49.0 Å². The Morgan fingerprint density at radius 2 is 1.76 bits per heavy atom. The number of amides is 1. The van der Waals surface area contributed by atoms with Crippen LogP contribution in [0.4, 0.5) is 0 Å². The second kappa shape index (κ2) is 8.12. The van der Waals surface area contributed by atoms with Crippen molar-refractivity contribution in [2.24, 2.45) is 28.6 Å². The second-order valence-corrected chi connectivity index (χ2v) is 10.4. The molecule has 0 bridgehead atoms. The van der Waals surface area contributed by atoms with E-state index in [-0.39, 0.29) is 23.5 Å². The van der Waals surface area contributed by atoms with E-state index in [1.165, 1.54) is 25.7 Å². The van der Waals surface area contributed by atoms with E-state index in [0.29, 0.717) is 42.3 Å². The first-order chi connectivity index (χ1) is 13.9. The van der Waals surface area contributed by atoms with Gasteiger partial charge in [-0.1, -0.05) is 13.8 Å². The fraction of sp³-hybridized carbons (Fsp3) is 0.958. The first kappa shape index (κ1) is 21.6. The Kier molecular flexibility index (Phi) is 6.04. The van der Waals surface area contributed by atoms with Crippen LogP contribution in [-0.2, 0) is 19.1 Å². The molecule has 5 nitrogen and oxygen atoms in total. The maximum absolute atomic E-state index is 12.7. The van der Waals surface area contributed by atoms with Crippen LogP contribution in [0.15, 0.2) is 0 Å². The molecule has 4 fully saturated rings. The average Bonchev–Trinajstić information content (AvgIpc) is 3.02. The lowest BCUT2D eigenvalue weighted by molar-refractivity contribution is -0.260. The van der Waals surface area contributed by atoms with Gasteiger partial charge in [0.1, 0.15) is 0 Å². The lowest BCUT2D eigenvalue weighted by atomic mass is 9.47. The Morgan fingerprint density at radius 1 is 1.00 bits per heavy atom. The SMILES string of the molecule is CCOC1C[C@H]2[C@@H]3C(OCC)CC4N(OCC)C(=O)CC[C@]4(C)[C@@H]3CC[C@]2(C)C1.